The monoisotopic (exact) mass is 310 g/mol. The summed E-state index contributed by atoms with van der Waals surface area (Å²) in [5.74, 6) is 0. The van der Waals surface area contributed by atoms with Gasteiger partial charge in [0.05, 0.1) is 0 Å². The molecule has 0 unspecified atom stereocenters. The van der Waals surface area contributed by atoms with Crippen molar-refractivity contribution in [3.8, 4) is 0 Å². The molecule has 3 rings (SSSR count). The van der Waals surface area contributed by atoms with Crippen LogP contribution < -0.4 is 11.1 Å². The highest BCUT2D eigenvalue weighted by Gasteiger charge is 2.63. The minimum Gasteiger partial charge on any atom is -0.389 e. The number of alkyl halides is 3. The highest BCUT2D eigenvalue weighted by atomic mass is 32.1. The number of thiocarbonyl (C=S) groups is 1. The van der Waals surface area contributed by atoms with E-state index in [1.807, 2.05) is 12.1 Å². The van der Waals surface area contributed by atoms with Gasteiger partial charge in [-0.15, -0.1) is 0 Å². The number of halogens is 3. The van der Waals surface area contributed by atoms with Gasteiger partial charge >= 0.3 is 6.18 Å². The van der Waals surface area contributed by atoms with Gasteiger partial charge in [0.1, 0.15) is 10.5 Å². The van der Waals surface area contributed by atoms with E-state index in [1.54, 1.807) is 24.3 Å². The van der Waals surface area contributed by atoms with Crippen LogP contribution >= 0.6 is 12.2 Å². The summed E-state index contributed by atoms with van der Waals surface area (Å²) in [6.45, 7) is 0. The molecule has 0 spiro atoms. The molecule has 2 aromatic rings. The second-order valence-electron chi connectivity index (χ2n) is 5.28. The van der Waals surface area contributed by atoms with Crippen LogP contribution in [0.3, 0.4) is 0 Å². The van der Waals surface area contributed by atoms with Crippen molar-refractivity contribution in [2.75, 3.05) is 5.32 Å². The maximum atomic E-state index is 13.1. The van der Waals surface area contributed by atoms with E-state index in [9.17, 15) is 13.2 Å². The Balaban J connectivity index is 2.09. The molecule has 0 amide bonds. The number of fused-ring (bicyclic) bond motifs is 1. The number of hydrogen-bond acceptors (Lipinski definition) is 2. The highest BCUT2D eigenvalue weighted by molar-refractivity contribution is 7.80. The second-order valence-corrected chi connectivity index (χ2v) is 5.72. The van der Waals surface area contributed by atoms with Gasteiger partial charge in [-0.2, -0.15) is 13.2 Å². The molecule has 0 atom stereocenters. The maximum Gasteiger partial charge on any atom is 0.411 e. The van der Waals surface area contributed by atoms with Crippen molar-refractivity contribution >= 4 is 33.7 Å². The SMILES string of the molecule is NC(=S)c1ccc(NC2(C(F)(F)F)CC2)c2ccccc12. The average molecular weight is 310 g/mol. The van der Waals surface area contributed by atoms with Gasteiger partial charge in [-0.05, 0) is 30.4 Å². The van der Waals surface area contributed by atoms with Crippen molar-refractivity contribution in [1.82, 2.24) is 0 Å². The van der Waals surface area contributed by atoms with E-state index in [-0.39, 0.29) is 17.8 Å². The van der Waals surface area contributed by atoms with E-state index in [1.165, 1.54) is 0 Å². The van der Waals surface area contributed by atoms with Crippen LogP contribution in [0, 0.1) is 0 Å². The largest absolute Gasteiger partial charge is 0.411 e. The van der Waals surface area contributed by atoms with Gasteiger partial charge in [0.2, 0.25) is 0 Å². The first-order valence-electron chi connectivity index (χ1n) is 6.50. The minimum absolute atomic E-state index is 0.0991. The van der Waals surface area contributed by atoms with Crippen LogP contribution in [0.1, 0.15) is 18.4 Å². The Morgan fingerprint density at radius 2 is 1.71 bits per heavy atom. The third-order valence-corrected chi connectivity index (χ3v) is 4.08. The van der Waals surface area contributed by atoms with Crippen LogP contribution in [0.5, 0.6) is 0 Å². The topological polar surface area (TPSA) is 38.0 Å². The Morgan fingerprint density at radius 3 is 2.24 bits per heavy atom. The Bertz CT molecular complexity index is 720. The van der Waals surface area contributed by atoms with Crippen molar-refractivity contribution in [2.45, 2.75) is 24.6 Å². The van der Waals surface area contributed by atoms with Gasteiger partial charge in [0.25, 0.3) is 0 Å². The summed E-state index contributed by atoms with van der Waals surface area (Å²) in [7, 11) is 0. The average Bonchev–Trinajstić information content (AvgIpc) is 3.19. The molecule has 1 saturated carbocycles. The van der Waals surface area contributed by atoms with Gasteiger partial charge in [-0.25, -0.2) is 0 Å². The van der Waals surface area contributed by atoms with Crippen LogP contribution in [0.25, 0.3) is 10.8 Å². The summed E-state index contributed by atoms with van der Waals surface area (Å²) < 4.78 is 39.3. The first-order valence-corrected chi connectivity index (χ1v) is 6.91. The number of anilines is 1. The number of benzene rings is 2. The quantitative estimate of drug-likeness (QED) is 0.842. The summed E-state index contributed by atoms with van der Waals surface area (Å²) in [6.07, 6.45) is -4.06. The van der Waals surface area contributed by atoms with Crippen LogP contribution in [0.15, 0.2) is 36.4 Å². The lowest BCUT2D eigenvalue weighted by atomic mass is 10.0. The van der Waals surface area contributed by atoms with Gasteiger partial charge in [0.15, 0.2) is 0 Å². The molecule has 0 aromatic heterocycles. The fourth-order valence-electron chi connectivity index (χ4n) is 2.49. The van der Waals surface area contributed by atoms with Gasteiger partial charge < -0.3 is 11.1 Å². The summed E-state index contributed by atoms with van der Waals surface area (Å²) in [4.78, 5) is 0.231. The molecule has 1 fully saturated rings. The molecule has 6 heteroatoms. The smallest absolute Gasteiger partial charge is 0.389 e. The predicted octanol–water partition coefficient (Wildman–Crippen LogP) is 3.98. The number of nitrogens with two attached hydrogens (primary N) is 1. The van der Waals surface area contributed by atoms with Crippen molar-refractivity contribution in [3.63, 3.8) is 0 Å². The maximum absolute atomic E-state index is 13.1. The van der Waals surface area contributed by atoms with E-state index < -0.39 is 11.7 Å². The molecule has 0 aliphatic heterocycles. The molecule has 3 N–H and O–H groups in total. The predicted molar refractivity (Wildman–Crippen MR) is 81.5 cm³/mol. The molecule has 0 radical (unpaired) electrons. The lowest BCUT2D eigenvalue weighted by Gasteiger charge is -2.23. The molecular weight excluding hydrogens is 297 g/mol. The first-order chi connectivity index (χ1) is 9.84. The number of nitrogens with one attached hydrogen (secondary N) is 1. The van der Waals surface area contributed by atoms with Crippen molar-refractivity contribution in [3.05, 3.63) is 42.0 Å². The lowest BCUT2D eigenvalue weighted by Crippen LogP contribution is -2.38. The van der Waals surface area contributed by atoms with Crippen molar-refractivity contribution < 1.29 is 13.2 Å². The van der Waals surface area contributed by atoms with Gasteiger partial charge in [-0.1, -0.05) is 36.5 Å². The molecule has 0 bridgehead atoms. The fourth-order valence-corrected chi connectivity index (χ4v) is 2.66. The molecular formula is C15H13F3N2S. The summed E-state index contributed by atoms with van der Waals surface area (Å²) in [6, 6.07) is 10.4. The van der Waals surface area contributed by atoms with Crippen LogP contribution in [-0.2, 0) is 0 Å². The van der Waals surface area contributed by atoms with E-state index in [0.29, 0.717) is 16.6 Å². The third kappa shape index (κ3) is 2.33. The zero-order valence-corrected chi connectivity index (χ0v) is 11.8. The molecule has 0 saturated heterocycles. The first kappa shape index (κ1) is 14.1. The molecule has 21 heavy (non-hydrogen) atoms. The normalized spacial score (nSPS) is 16.7. The second kappa shape index (κ2) is 4.59. The lowest BCUT2D eigenvalue weighted by molar-refractivity contribution is -0.151. The minimum atomic E-state index is -4.25. The van der Waals surface area contributed by atoms with Gasteiger partial charge in [0, 0.05) is 16.6 Å². The van der Waals surface area contributed by atoms with E-state index in [0.717, 1.165) is 5.39 Å². The zero-order valence-electron chi connectivity index (χ0n) is 11.0. The fraction of sp³-hybridized carbons (Fsp3) is 0.267. The molecule has 1 aliphatic carbocycles. The standard InChI is InChI=1S/C15H13F3N2S/c16-15(17,18)14(7-8-14)20-12-6-5-11(13(19)21)9-3-1-2-4-10(9)12/h1-6,20H,7-8H2,(H2,19,21). The summed E-state index contributed by atoms with van der Waals surface area (Å²) in [5, 5.41) is 4.12. The molecule has 110 valence electrons. The third-order valence-electron chi connectivity index (χ3n) is 3.86. The van der Waals surface area contributed by atoms with Crippen LogP contribution in [0.4, 0.5) is 18.9 Å². The Hall–Kier alpha value is -1.82. The molecule has 2 aromatic carbocycles. The molecule has 2 nitrogen and oxygen atoms in total. The number of hydrogen-bond donors (Lipinski definition) is 2. The van der Waals surface area contributed by atoms with E-state index in [2.05, 4.69) is 5.32 Å². The number of rotatable bonds is 3. The zero-order chi connectivity index (χ0) is 15.3. The Morgan fingerprint density at radius 1 is 1.10 bits per heavy atom. The Kier molecular flexibility index (Phi) is 3.09. The van der Waals surface area contributed by atoms with Crippen LogP contribution in [0.2, 0.25) is 0 Å². The van der Waals surface area contributed by atoms with E-state index in [4.69, 9.17) is 18.0 Å². The highest BCUT2D eigenvalue weighted by Crippen LogP contribution is 2.51. The molecule has 1 aliphatic rings. The summed E-state index contributed by atoms with van der Waals surface area (Å²) in [5.41, 5.74) is 5.01. The van der Waals surface area contributed by atoms with Crippen molar-refractivity contribution in [1.29, 1.82) is 0 Å². The Labute approximate surface area is 125 Å². The van der Waals surface area contributed by atoms with E-state index >= 15 is 0 Å². The van der Waals surface area contributed by atoms with Crippen LogP contribution in [-0.4, -0.2) is 16.7 Å². The van der Waals surface area contributed by atoms with Crippen molar-refractivity contribution in [2.24, 2.45) is 5.73 Å². The summed E-state index contributed by atoms with van der Waals surface area (Å²) >= 11 is 4.99. The molecule has 0 heterocycles. The van der Waals surface area contributed by atoms with Gasteiger partial charge in [-0.3, -0.25) is 0 Å².